The van der Waals surface area contributed by atoms with E-state index in [-0.39, 0.29) is 5.91 Å². The number of carbonyl (C=O) groups is 1. The Kier molecular flexibility index (Phi) is 7.54. The van der Waals surface area contributed by atoms with E-state index in [1.54, 1.807) is 0 Å². The molecule has 0 heterocycles. The second-order valence-corrected chi connectivity index (χ2v) is 4.41. The van der Waals surface area contributed by atoms with Gasteiger partial charge in [-0.1, -0.05) is 40.0 Å². The molecule has 84 valence electrons. The van der Waals surface area contributed by atoms with Crippen molar-refractivity contribution in [2.24, 2.45) is 5.92 Å². The van der Waals surface area contributed by atoms with Crippen LogP contribution < -0.4 is 5.32 Å². The van der Waals surface area contributed by atoms with Gasteiger partial charge in [0.1, 0.15) is 0 Å². The van der Waals surface area contributed by atoms with Crippen LogP contribution in [0.1, 0.15) is 59.8 Å². The summed E-state index contributed by atoms with van der Waals surface area (Å²) >= 11 is 0. The van der Waals surface area contributed by atoms with Crippen molar-refractivity contribution in [1.82, 2.24) is 5.32 Å². The maximum Gasteiger partial charge on any atom is 0.220 e. The molecule has 0 spiro atoms. The van der Waals surface area contributed by atoms with E-state index in [9.17, 15) is 4.79 Å². The highest BCUT2D eigenvalue weighted by Crippen LogP contribution is 2.04. The summed E-state index contributed by atoms with van der Waals surface area (Å²) in [5.41, 5.74) is 0. The smallest absolute Gasteiger partial charge is 0.220 e. The quantitative estimate of drug-likeness (QED) is 0.627. The number of hydrogen-bond acceptors (Lipinski definition) is 1. The van der Waals surface area contributed by atoms with Gasteiger partial charge in [-0.3, -0.25) is 4.79 Å². The molecule has 0 saturated heterocycles. The molecule has 0 aliphatic rings. The van der Waals surface area contributed by atoms with E-state index in [1.165, 1.54) is 19.3 Å². The number of unbranched alkanes of at least 4 members (excludes halogenated alkanes) is 3. The number of hydrogen-bond donors (Lipinski definition) is 1. The van der Waals surface area contributed by atoms with Crippen molar-refractivity contribution in [3.8, 4) is 0 Å². The zero-order valence-corrected chi connectivity index (χ0v) is 10.1. The molecular weight excluding hydrogens is 174 g/mol. The van der Waals surface area contributed by atoms with Gasteiger partial charge in [-0.25, -0.2) is 0 Å². The molecular formula is C12H25NO. The van der Waals surface area contributed by atoms with Crippen LogP contribution in [0, 0.1) is 5.92 Å². The van der Waals surface area contributed by atoms with E-state index >= 15 is 0 Å². The Morgan fingerprint density at radius 3 is 2.29 bits per heavy atom. The molecule has 0 bridgehead atoms. The van der Waals surface area contributed by atoms with Gasteiger partial charge < -0.3 is 5.32 Å². The van der Waals surface area contributed by atoms with Gasteiger partial charge in [-0.15, -0.1) is 0 Å². The second kappa shape index (κ2) is 7.84. The van der Waals surface area contributed by atoms with Crippen molar-refractivity contribution in [1.29, 1.82) is 0 Å². The lowest BCUT2D eigenvalue weighted by molar-refractivity contribution is -0.122. The standard InChI is InChI=1S/C12H25NO/c1-5-6-7-8-9-12(14)13-11(4)10(2)3/h10-11H,5-9H2,1-4H3,(H,13,14). The predicted molar refractivity (Wildman–Crippen MR) is 61.2 cm³/mol. The van der Waals surface area contributed by atoms with Crippen molar-refractivity contribution in [2.45, 2.75) is 65.8 Å². The lowest BCUT2D eigenvalue weighted by Crippen LogP contribution is -2.35. The fourth-order valence-electron chi connectivity index (χ4n) is 1.21. The Labute approximate surface area is 88.5 Å². The summed E-state index contributed by atoms with van der Waals surface area (Å²) < 4.78 is 0. The first-order valence-corrected chi connectivity index (χ1v) is 5.87. The predicted octanol–water partition coefficient (Wildman–Crippen LogP) is 3.12. The van der Waals surface area contributed by atoms with Gasteiger partial charge >= 0.3 is 0 Å². The van der Waals surface area contributed by atoms with E-state index in [0.29, 0.717) is 18.4 Å². The largest absolute Gasteiger partial charge is 0.353 e. The molecule has 1 unspecified atom stereocenters. The van der Waals surface area contributed by atoms with Crippen LogP contribution in [0.2, 0.25) is 0 Å². The number of amides is 1. The number of carbonyl (C=O) groups excluding carboxylic acids is 1. The third kappa shape index (κ3) is 6.93. The fraction of sp³-hybridized carbons (Fsp3) is 0.917. The summed E-state index contributed by atoms with van der Waals surface area (Å²) in [6, 6.07) is 0.300. The molecule has 0 aliphatic heterocycles. The Morgan fingerprint density at radius 2 is 1.79 bits per heavy atom. The van der Waals surface area contributed by atoms with Crippen LogP contribution in [0.5, 0.6) is 0 Å². The van der Waals surface area contributed by atoms with E-state index in [4.69, 9.17) is 0 Å². The Balaban J connectivity index is 3.45. The highest BCUT2D eigenvalue weighted by Gasteiger charge is 2.09. The molecule has 1 amide bonds. The summed E-state index contributed by atoms with van der Waals surface area (Å²) in [6.07, 6.45) is 5.37. The zero-order valence-electron chi connectivity index (χ0n) is 10.1. The summed E-state index contributed by atoms with van der Waals surface area (Å²) in [5, 5.41) is 3.02. The topological polar surface area (TPSA) is 29.1 Å². The van der Waals surface area contributed by atoms with Crippen molar-refractivity contribution in [3.63, 3.8) is 0 Å². The maximum atomic E-state index is 11.4. The van der Waals surface area contributed by atoms with Crippen LogP contribution in [-0.4, -0.2) is 11.9 Å². The van der Waals surface area contributed by atoms with Crippen molar-refractivity contribution >= 4 is 5.91 Å². The molecule has 0 radical (unpaired) electrons. The Hall–Kier alpha value is -0.530. The molecule has 0 rings (SSSR count). The Morgan fingerprint density at radius 1 is 1.14 bits per heavy atom. The van der Waals surface area contributed by atoms with Crippen LogP contribution in [0.15, 0.2) is 0 Å². The van der Waals surface area contributed by atoms with Crippen LogP contribution in [0.3, 0.4) is 0 Å². The molecule has 2 heteroatoms. The van der Waals surface area contributed by atoms with E-state index in [1.807, 2.05) is 0 Å². The first kappa shape index (κ1) is 13.5. The average Bonchev–Trinajstić information content (AvgIpc) is 2.12. The summed E-state index contributed by atoms with van der Waals surface area (Å²) in [5.74, 6) is 0.733. The van der Waals surface area contributed by atoms with E-state index in [2.05, 4.69) is 33.0 Å². The van der Waals surface area contributed by atoms with E-state index < -0.39 is 0 Å². The number of rotatable bonds is 7. The SMILES string of the molecule is CCCCCCC(=O)NC(C)C(C)C. The summed E-state index contributed by atoms with van der Waals surface area (Å²) in [7, 11) is 0. The molecule has 0 aliphatic carbocycles. The van der Waals surface area contributed by atoms with Crippen molar-refractivity contribution in [2.75, 3.05) is 0 Å². The third-order valence-electron chi connectivity index (χ3n) is 2.65. The maximum absolute atomic E-state index is 11.4. The molecule has 1 atom stereocenters. The van der Waals surface area contributed by atoms with Gasteiger partial charge in [-0.2, -0.15) is 0 Å². The van der Waals surface area contributed by atoms with Crippen LogP contribution >= 0.6 is 0 Å². The monoisotopic (exact) mass is 199 g/mol. The average molecular weight is 199 g/mol. The summed E-state index contributed by atoms with van der Waals surface area (Å²) in [6.45, 7) is 8.50. The first-order chi connectivity index (χ1) is 6.57. The van der Waals surface area contributed by atoms with Gasteiger partial charge in [0, 0.05) is 12.5 Å². The minimum absolute atomic E-state index is 0.210. The molecule has 2 nitrogen and oxygen atoms in total. The normalized spacial score (nSPS) is 12.9. The molecule has 0 aromatic heterocycles. The highest BCUT2D eigenvalue weighted by molar-refractivity contribution is 5.76. The van der Waals surface area contributed by atoms with Crippen molar-refractivity contribution < 1.29 is 4.79 Å². The lowest BCUT2D eigenvalue weighted by Gasteiger charge is -2.17. The molecule has 14 heavy (non-hydrogen) atoms. The molecule has 0 fully saturated rings. The third-order valence-corrected chi connectivity index (χ3v) is 2.65. The van der Waals surface area contributed by atoms with Crippen molar-refractivity contribution in [3.05, 3.63) is 0 Å². The molecule has 0 aromatic carbocycles. The molecule has 0 saturated carbocycles. The van der Waals surface area contributed by atoms with E-state index in [0.717, 1.165) is 6.42 Å². The summed E-state index contributed by atoms with van der Waals surface area (Å²) in [4.78, 5) is 11.4. The van der Waals surface area contributed by atoms with Gasteiger partial charge in [0.15, 0.2) is 0 Å². The second-order valence-electron chi connectivity index (χ2n) is 4.41. The van der Waals surface area contributed by atoms with Gasteiger partial charge in [0.25, 0.3) is 0 Å². The van der Waals surface area contributed by atoms with Gasteiger partial charge in [-0.05, 0) is 19.3 Å². The van der Waals surface area contributed by atoms with Crippen LogP contribution in [-0.2, 0) is 4.79 Å². The lowest BCUT2D eigenvalue weighted by atomic mass is 10.1. The fourth-order valence-corrected chi connectivity index (χ4v) is 1.21. The minimum Gasteiger partial charge on any atom is -0.353 e. The first-order valence-electron chi connectivity index (χ1n) is 5.87. The Bertz CT molecular complexity index is 154. The zero-order chi connectivity index (χ0) is 11.0. The minimum atomic E-state index is 0.210. The van der Waals surface area contributed by atoms with Gasteiger partial charge in [0.2, 0.25) is 5.91 Å². The molecule has 0 aromatic rings. The van der Waals surface area contributed by atoms with Gasteiger partial charge in [0.05, 0.1) is 0 Å². The molecule has 1 N–H and O–H groups in total. The highest BCUT2D eigenvalue weighted by atomic mass is 16.1. The van der Waals surface area contributed by atoms with Crippen LogP contribution in [0.4, 0.5) is 0 Å². The number of nitrogens with one attached hydrogen (secondary N) is 1. The van der Waals surface area contributed by atoms with Crippen LogP contribution in [0.25, 0.3) is 0 Å².